The van der Waals surface area contributed by atoms with E-state index in [0.29, 0.717) is 33.8 Å². The first-order chi connectivity index (χ1) is 13.6. The Morgan fingerprint density at radius 1 is 0.929 bits per heavy atom. The van der Waals surface area contributed by atoms with Gasteiger partial charge < -0.3 is 14.2 Å². The van der Waals surface area contributed by atoms with Gasteiger partial charge in [-0.25, -0.2) is 0 Å². The molecular weight excluding hydrogens is 400 g/mol. The molecule has 28 heavy (non-hydrogen) atoms. The lowest BCUT2D eigenvalue weighted by molar-refractivity contribution is 0.324. The molecule has 1 aliphatic rings. The summed E-state index contributed by atoms with van der Waals surface area (Å²) in [5.74, 6) is 3.01. The minimum Gasteiger partial charge on any atom is -0.493 e. The number of ether oxygens (including phenoxy) is 3. The summed E-state index contributed by atoms with van der Waals surface area (Å²) in [5.41, 5.74) is 2.62. The average molecular weight is 417 g/mol. The smallest absolute Gasteiger partial charge is 0.212 e. The van der Waals surface area contributed by atoms with Gasteiger partial charge in [0.25, 0.3) is 0 Å². The summed E-state index contributed by atoms with van der Waals surface area (Å²) in [4.78, 5) is 0. The van der Waals surface area contributed by atoms with Crippen molar-refractivity contribution in [3.63, 3.8) is 0 Å². The highest BCUT2D eigenvalue weighted by molar-refractivity contribution is 7.99. The summed E-state index contributed by atoms with van der Waals surface area (Å²) in [6.45, 7) is 0. The fourth-order valence-corrected chi connectivity index (χ4v) is 3.86. The van der Waals surface area contributed by atoms with Gasteiger partial charge >= 0.3 is 0 Å². The van der Waals surface area contributed by atoms with Crippen molar-refractivity contribution < 1.29 is 14.2 Å². The van der Waals surface area contributed by atoms with Crippen molar-refractivity contribution in [1.82, 2.24) is 14.9 Å². The van der Waals surface area contributed by atoms with E-state index in [9.17, 15) is 0 Å². The molecule has 7 nitrogen and oxygen atoms in total. The van der Waals surface area contributed by atoms with E-state index in [1.165, 1.54) is 0 Å². The number of methoxy groups -OCH3 is 3. The number of hydrogen-bond acceptors (Lipinski definition) is 7. The fourth-order valence-electron chi connectivity index (χ4n) is 2.90. The molecule has 0 unspecified atom stereocenters. The Kier molecular flexibility index (Phi) is 5.15. The predicted octanol–water partition coefficient (Wildman–Crippen LogP) is 3.98. The quantitative estimate of drug-likeness (QED) is 0.626. The van der Waals surface area contributed by atoms with E-state index in [2.05, 4.69) is 10.2 Å². The summed E-state index contributed by atoms with van der Waals surface area (Å²) in [6.07, 6.45) is 0. The van der Waals surface area contributed by atoms with Gasteiger partial charge in [0.1, 0.15) is 0 Å². The molecule has 0 radical (unpaired) electrons. The highest BCUT2D eigenvalue weighted by Gasteiger charge is 2.23. The van der Waals surface area contributed by atoms with E-state index in [1.807, 2.05) is 36.4 Å². The van der Waals surface area contributed by atoms with Gasteiger partial charge in [-0.05, 0) is 36.4 Å². The molecule has 1 aromatic heterocycles. The number of halogens is 1. The number of thioether (sulfide) groups is 1. The van der Waals surface area contributed by atoms with Crippen molar-refractivity contribution in [1.29, 1.82) is 0 Å². The van der Waals surface area contributed by atoms with E-state index in [0.717, 1.165) is 22.0 Å². The Hall–Kier alpha value is -2.71. The molecule has 2 heterocycles. The molecule has 2 aromatic carbocycles. The molecule has 0 atom stereocenters. The summed E-state index contributed by atoms with van der Waals surface area (Å²) in [7, 11) is 4.76. The van der Waals surface area contributed by atoms with Gasteiger partial charge in [-0.15, -0.1) is 10.2 Å². The molecule has 4 rings (SSSR count). The summed E-state index contributed by atoms with van der Waals surface area (Å²) < 4.78 is 18.1. The average Bonchev–Trinajstić information content (AvgIpc) is 3.16. The molecule has 3 aromatic rings. The monoisotopic (exact) mass is 416 g/mol. The first kappa shape index (κ1) is 18.6. The Balaban J connectivity index is 1.79. The van der Waals surface area contributed by atoms with Crippen molar-refractivity contribution in [2.24, 2.45) is 5.10 Å². The summed E-state index contributed by atoms with van der Waals surface area (Å²) >= 11 is 7.56. The second-order valence-electron chi connectivity index (χ2n) is 5.87. The van der Waals surface area contributed by atoms with Crippen LogP contribution in [0.25, 0.3) is 11.4 Å². The highest BCUT2D eigenvalue weighted by Crippen LogP contribution is 2.39. The number of fused-ring (bicyclic) bond motifs is 1. The van der Waals surface area contributed by atoms with Crippen LogP contribution in [0.3, 0.4) is 0 Å². The van der Waals surface area contributed by atoms with Crippen molar-refractivity contribution >= 4 is 29.1 Å². The Labute approximate surface area is 171 Å². The lowest BCUT2D eigenvalue weighted by Crippen LogP contribution is -2.14. The molecule has 0 saturated carbocycles. The van der Waals surface area contributed by atoms with E-state index < -0.39 is 0 Å². The Bertz CT molecular complexity index is 1020. The zero-order valence-corrected chi connectivity index (χ0v) is 17.0. The topological polar surface area (TPSA) is 70.8 Å². The SMILES string of the molecule is COc1cc(C2=Nn3c(nnc3-c3ccc(Cl)cc3)SC2)cc(OC)c1OC. The van der Waals surface area contributed by atoms with Crippen molar-refractivity contribution in [2.75, 3.05) is 27.1 Å². The van der Waals surface area contributed by atoms with Crippen LogP contribution in [-0.4, -0.2) is 47.7 Å². The first-order valence-corrected chi connectivity index (χ1v) is 9.73. The van der Waals surface area contributed by atoms with E-state index in [-0.39, 0.29) is 0 Å². The van der Waals surface area contributed by atoms with Gasteiger partial charge in [0.05, 0.1) is 27.0 Å². The van der Waals surface area contributed by atoms with Crippen LogP contribution < -0.4 is 14.2 Å². The molecule has 0 bridgehead atoms. The van der Waals surface area contributed by atoms with Crippen LogP contribution in [0.2, 0.25) is 5.02 Å². The molecule has 0 saturated heterocycles. The number of hydrogen-bond donors (Lipinski definition) is 0. The molecule has 1 aliphatic heterocycles. The normalized spacial score (nSPS) is 12.9. The second kappa shape index (κ2) is 7.73. The van der Waals surface area contributed by atoms with Crippen LogP contribution >= 0.6 is 23.4 Å². The van der Waals surface area contributed by atoms with Gasteiger partial charge in [-0.1, -0.05) is 23.4 Å². The largest absolute Gasteiger partial charge is 0.493 e. The molecule has 0 spiro atoms. The number of rotatable bonds is 5. The molecule has 0 fully saturated rings. The molecule has 0 aliphatic carbocycles. The van der Waals surface area contributed by atoms with Crippen LogP contribution in [0.15, 0.2) is 46.7 Å². The fraction of sp³-hybridized carbons (Fsp3) is 0.211. The number of benzene rings is 2. The van der Waals surface area contributed by atoms with Crippen LogP contribution in [-0.2, 0) is 0 Å². The minimum absolute atomic E-state index is 0.546. The maximum Gasteiger partial charge on any atom is 0.212 e. The molecule has 9 heteroatoms. The van der Waals surface area contributed by atoms with Crippen LogP contribution in [0, 0.1) is 0 Å². The molecule has 0 N–H and O–H groups in total. The highest BCUT2D eigenvalue weighted by atomic mass is 35.5. The lowest BCUT2D eigenvalue weighted by Gasteiger charge is -2.17. The molecular formula is C19H17ClN4O3S. The van der Waals surface area contributed by atoms with E-state index in [4.69, 9.17) is 30.9 Å². The van der Waals surface area contributed by atoms with Gasteiger partial charge in [-0.3, -0.25) is 0 Å². The minimum atomic E-state index is 0.546. The summed E-state index contributed by atoms with van der Waals surface area (Å²) in [5, 5.41) is 14.7. The van der Waals surface area contributed by atoms with Crippen LogP contribution in [0.5, 0.6) is 17.2 Å². The van der Waals surface area contributed by atoms with Crippen LogP contribution in [0.1, 0.15) is 5.56 Å². The molecule has 144 valence electrons. The van der Waals surface area contributed by atoms with Crippen LogP contribution in [0.4, 0.5) is 0 Å². The Morgan fingerprint density at radius 2 is 1.61 bits per heavy atom. The van der Waals surface area contributed by atoms with E-state index in [1.54, 1.807) is 37.8 Å². The van der Waals surface area contributed by atoms with Gasteiger partial charge in [0.15, 0.2) is 17.3 Å². The van der Waals surface area contributed by atoms with E-state index >= 15 is 0 Å². The van der Waals surface area contributed by atoms with Gasteiger partial charge in [0.2, 0.25) is 10.9 Å². The third-order valence-corrected chi connectivity index (χ3v) is 5.45. The number of aromatic nitrogens is 3. The zero-order valence-electron chi connectivity index (χ0n) is 15.5. The van der Waals surface area contributed by atoms with Crippen molar-refractivity contribution in [3.8, 4) is 28.6 Å². The zero-order chi connectivity index (χ0) is 19.7. The van der Waals surface area contributed by atoms with Crippen molar-refractivity contribution in [3.05, 3.63) is 47.0 Å². The van der Waals surface area contributed by atoms with Gasteiger partial charge in [-0.2, -0.15) is 9.78 Å². The maximum absolute atomic E-state index is 5.99. The van der Waals surface area contributed by atoms with Crippen molar-refractivity contribution in [2.45, 2.75) is 5.16 Å². The molecule has 0 amide bonds. The first-order valence-electron chi connectivity index (χ1n) is 8.37. The van der Waals surface area contributed by atoms with Gasteiger partial charge in [0, 0.05) is 21.9 Å². The Morgan fingerprint density at radius 3 is 2.21 bits per heavy atom. The standard InChI is InChI=1S/C19H17ClN4O3S/c1-25-15-8-12(9-16(26-2)17(15)27-3)14-10-28-19-22-21-18(24(19)23-14)11-4-6-13(20)7-5-11/h4-9H,10H2,1-3H3. The maximum atomic E-state index is 5.99. The second-order valence-corrected chi connectivity index (χ2v) is 7.25. The third kappa shape index (κ3) is 3.29. The summed E-state index contributed by atoms with van der Waals surface area (Å²) in [6, 6.07) is 11.2. The third-order valence-electron chi connectivity index (χ3n) is 4.27. The lowest BCUT2D eigenvalue weighted by atomic mass is 10.1. The number of nitrogens with zero attached hydrogens (tertiary/aromatic N) is 4. The predicted molar refractivity (Wildman–Crippen MR) is 109 cm³/mol.